The van der Waals surface area contributed by atoms with Crippen molar-refractivity contribution in [3.05, 3.63) is 0 Å². The van der Waals surface area contributed by atoms with Crippen molar-refractivity contribution in [2.75, 3.05) is 6.54 Å². The molecule has 2 fully saturated rings. The van der Waals surface area contributed by atoms with Gasteiger partial charge in [-0.05, 0) is 54.4 Å². The number of carbonyl (C=O) groups excluding carboxylic acids is 1. The molecule has 1 spiro atoms. The minimum Gasteiger partial charge on any atom is -0.310 e. The molecule has 2 saturated heterocycles. The number of rotatable bonds is 1. The van der Waals surface area contributed by atoms with E-state index in [0.29, 0.717) is 0 Å². The van der Waals surface area contributed by atoms with Gasteiger partial charge in [0.2, 0.25) is 5.91 Å². The molecule has 2 rings (SSSR count). The monoisotopic (exact) mass is 307 g/mol. The van der Waals surface area contributed by atoms with Crippen molar-refractivity contribution in [1.82, 2.24) is 15.0 Å². The number of nitrogens with zero attached hydrogens (tertiary/aromatic N) is 3. The Morgan fingerprint density at radius 1 is 1.00 bits per heavy atom. The zero-order valence-corrected chi connectivity index (χ0v) is 14.3. The molecule has 122 valence electrons. The molecule has 0 aromatic carbocycles. The van der Waals surface area contributed by atoms with E-state index in [2.05, 4.69) is 5.92 Å². The van der Waals surface area contributed by atoms with Gasteiger partial charge in [0, 0.05) is 11.1 Å². The van der Waals surface area contributed by atoms with E-state index >= 15 is 0 Å². The maximum Gasteiger partial charge on any atom is 0.248 e. The number of hydroxylamine groups is 4. The Balaban J connectivity index is 2.55. The van der Waals surface area contributed by atoms with Crippen LogP contribution in [0.15, 0.2) is 0 Å². The maximum absolute atomic E-state index is 13.0. The van der Waals surface area contributed by atoms with E-state index in [4.69, 9.17) is 6.42 Å². The van der Waals surface area contributed by atoms with E-state index in [9.17, 15) is 15.2 Å². The highest BCUT2D eigenvalue weighted by molar-refractivity contribution is 5.90. The SMILES string of the molecule is C#CCN1C(=O)C2(CC(C)(C)N([O])C(C)(C)C2)N([O])C1(C)C. The van der Waals surface area contributed by atoms with E-state index in [1.54, 1.807) is 41.5 Å². The van der Waals surface area contributed by atoms with Gasteiger partial charge in [-0.15, -0.1) is 27.0 Å². The standard InChI is InChI=1S/C16H25N3O3/c1-8-9-17-12(20)16(19(22)15(17,6)7)10-13(2,3)18(21)14(4,5)11-16/h1H,9-11H2,2-7H3. The van der Waals surface area contributed by atoms with Crippen molar-refractivity contribution >= 4 is 5.91 Å². The van der Waals surface area contributed by atoms with Gasteiger partial charge >= 0.3 is 0 Å². The van der Waals surface area contributed by atoms with Crippen LogP contribution in [-0.4, -0.2) is 49.8 Å². The predicted molar refractivity (Wildman–Crippen MR) is 79.8 cm³/mol. The summed E-state index contributed by atoms with van der Waals surface area (Å²) in [4.78, 5) is 14.5. The molecule has 0 atom stereocenters. The average Bonchev–Trinajstić information content (AvgIpc) is 2.49. The summed E-state index contributed by atoms with van der Waals surface area (Å²) >= 11 is 0. The van der Waals surface area contributed by atoms with Crippen molar-refractivity contribution in [3.63, 3.8) is 0 Å². The smallest absolute Gasteiger partial charge is 0.248 e. The van der Waals surface area contributed by atoms with Crippen LogP contribution in [0.3, 0.4) is 0 Å². The lowest BCUT2D eigenvalue weighted by Crippen LogP contribution is -2.68. The van der Waals surface area contributed by atoms with Gasteiger partial charge in [-0.3, -0.25) is 4.79 Å². The molecule has 0 bridgehead atoms. The van der Waals surface area contributed by atoms with Crippen LogP contribution in [0.2, 0.25) is 0 Å². The van der Waals surface area contributed by atoms with Crippen LogP contribution >= 0.6 is 0 Å². The molecule has 2 aliphatic heterocycles. The van der Waals surface area contributed by atoms with Crippen LogP contribution in [-0.2, 0) is 15.2 Å². The molecular weight excluding hydrogens is 282 g/mol. The Hall–Kier alpha value is -1.13. The fourth-order valence-corrected chi connectivity index (χ4v) is 4.33. The molecule has 6 nitrogen and oxygen atoms in total. The Bertz CT molecular complexity index is 515. The second-order valence-electron chi connectivity index (χ2n) is 8.19. The normalized spacial score (nSPS) is 29.8. The van der Waals surface area contributed by atoms with E-state index in [1.165, 1.54) is 4.90 Å². The summed E-state index contributed by atoms with van der Waals surface area (Å²) in [7, 11) is 0. The summed E-state index contributed by atoms with van der Waals surface area (Å²) in [5, 5.41) is 27.5. The number of piperidine rings is 1. The van der Waals surface area contributed by atoms with Crippen molar-refractivity contribution in [2.45, 2.75) is 76.7 Å². The number of hydrogen-bond acceptors (Lipinski definition) is 3. The van der Waals surface area contributed by atoms with Crippen molar-refractivity contribution in [1.29, 1.82) is 0 Å². The zero-order valence-electron chi connectivity index (χ0n) is 14.3. The van der Waals surface area contributed by atoms with Crippen molar-refractivity contribution < 1.29 is 15.2 Å². The lowest BCUT2D eigenvalue weighted by Gasteiger charge is -2.54. The third-order valence-electron chi connectivity index (χ3n) is 4.99. The van der Waals surface area contributed by atoms with E-state index in [-0.39, 0.29) is 25.3 Å². The highest BCUT2D eigenvalue weighted by Crippen LogP contribution is 2.51. The molecule has 6 heteroatoms. The van der Waals surface area contributed by atoms with Gasteiger partial charge in [0.25, 0.3) is 0 Å². The van der Waals surface area contributed by atoms with Crippen LogP contribution < -0.4 is 0 Å². The quantitative estimate of drug-likeness (QED) is 0.691. The van der Waals surface area contributed by atoms with E-state index in [1.807, 2.05) is 0 Å². The molecule has 0 aliphatic carbocycles. The molecule has 0 aromatic rings. The van der Waals surface area contributed by atoms with Gasteiger partial charge in [-0.1, -0.05) is 5.92 Å². The fourth-order valence-electron chi connectivity index (χ4n) is 4.33. The van der Waals surface area contributed by atoms with Gasteiger partial charge in [-0.2, -0.15) is 0 Å². The largest absolute Gasteiger partial charge is 0.310 e. The first-order chi connectivity index (χ1) is 9.83. The second kappa shape index (κ2) is 4.68. The summed E-state index contributed by atoms with van der Waals surface area (Å²) in [6, 6.07) is 0. The molecule has 1 amide bonds. The Kier molecular flexibility index (Phi) is 3.67. The minimum absolute atomic E-state index is 0.0915. The lowest BCUT2D eigenvalue weighted by atomic mass is 9.70. The summed E-state index contributed by atoms with van der Waals surface area (Å²) < 4.78 is 0. The van der Waals surface area contributed by atoms with Gasteiger partial charge in [0.1, 0.15) is 11.2 Å². The van der Waals surface area contributed by atoms with Crippen LogP contribution in [0.25, 0.3) is 0 Å². The highest BCUT2D eigenvalue weighted by Gasteiger charge is 2.68. The molecule has 2 radical (unpaired) electrons. The molecular formula is C16H25N3O3. The molecule has 2 aliphatic rings. The Morgan fingerprint density at radius 2 is 1.45 bits per heavy atom. The molecule has 0 saturated carbocycles. The van der Waals surface area contributed by atoms with Crippen LogP contribution in [0.5, 0.6) is 0 Å². The van der Waals surface area contributed by atoms with Crippen molar-refractivity contribution in [2.24, 2.45) is 0 Å². The summed E-state index contributed by atoms with van der Waals surface area (Å²) in [5.41, 5.74) is -3.85. The number of hydrogen-bond donors (Lipinski definition) is 0. The predicted octanol–water partition coefficient (Wildman–Crippen LogP) is 1.58. The van der Waals surface area contributed by atoms with Gasteiger partial charge in [0.05, 0.1) is 6.54 Å². The first kappa shape index (κ1) is 17.2. The summed E-state index contributed by atoms with van der Waals surface area (Å²) in [5.74, 6) is 2.19. The zero-order chi connectivity index (χ0) is 17.1. The van der Waals surface area contributed by atoms with Gasteiger partial charge < -0.3 is 4.90 Å². The van der Waals surface area contributed by atoms with Crippen LogP contribution in [0.1, 0.15) is 54.4 Å². The summed E-state index contributed by atoms with van der Waals surface area (Å²) in [6.07, 6.45) is 5.75. The van der Waals surface area contributed by atoms with E-state index < -0.39 is 22.3 Å². The topological polar surface area (TPSA) is 66.6 Å². The number of carbonyl (C=O) groups is 1. The first-order valence-corrected chi connectivity index (χ1v) is 7.53. The fraction of sp³-hybridized carbons (Fsp3) is 0.812. The molecule has 0 unspecified atom stereocenters. The second-order valence-corrected chi connectivity index (χ2v) is 8.19. The maximum atomic E-state index is 13.0. The van der Waals surface area contributed by atoms with Crippen molar-refractivity contribution in [3.8, 4) is 12.3 Å². The molecule has 22 heavy (non-hydrogen) atoms. The van der Waals surface area contributed by atoms with Gasteiger partial charge in [0.15, 0.2) is 0 Å². The molecule has 0 aromatic heterocycles. The van der Waals surface area contributed by atoms with Crippen LogP contribution in [0, 0.1) is 12.3 Å². The molecule has 0 N–H and O–H groups in total. The number of amides is 1. The third-order valence-corrected chi connectivity index (χ3v) is 4.99. The van der Waals surface area contributed by atoms with Crippen LogP contribution in [0.4, 0.5) is 0 Å². The lowest BCUT2D eigenvalue weighted by molar-refractivity contribution is -0.336. The van der Waals surface area contributed by atoms with E-state index in [0.717, 1.165) is 10.1 Å². The Labute approximate surface area is 132 Å². The Morgan fingerprint density at radius 3 is 1.86 bits per heavy atom. The highest BCUT2D eigenvalue weighted by atomic mass is 16.5. The molecule has 2 heterocycles. The summed E-state index contributed by atoms with van der Waals surface area (Å²) in [6.45, 7) is 10.6. The van der Waals surface area contributed by atoms with Gasteiger partial charge in [-0.25, -0.2) is 0 Å². The number of terminal acetylenes is 1. The third kappa shape index (κ3) is 2.08. The first-order valence-electron chi connectivity index (χ1n) is 7.53. The minimum atomic E-state index is -1.23. The average molecular weight is 307 g/mol.